The van der Waals surface area contributed by atoms with Gasteiger partial charge in [0.05, 0.1) is 9.90 Å². The largest absolute Gasteiger partial charge is 0.486 e. The number of rotatable bonds is 7. The van der Waals surface area contributed by atoms with Crippen molar-refractivity contribution in [2.24, 2.45) is 5.92 Å². The van der Waals surface area contributed by atoms with Crippen molar-refractivity contribution >= 4 is 38.9 Å². The Hall–Kier alpha value is -0.550. The Balaban J connectivity index is 1.91. The summed E-state index contributed by atoms with van der Waals surface area (Å²) in [7, 11) is 0. The second kappa shape index (κ2) is 8.18. The molecule has 2 rings (SSSR count). The number of hydrogen-bond donors (Lipinski definition) is 1. The Morgan fingerprint density at radius 1 is 1.33 bits per heavy atom. The van der Waals surface area contributed by atoms with Crippen molar-refractivity contribution in [1.29, 1.82) is 0 Å². The highest BCUT2D eigenvalue weighted by Gasteiger charge is 2.06. The van der Waals surface area contributed by atoms with Gasteiger partial charge in [-0.15, -0.1) is 11.3 Å². The highest BCUT2D eigenvalue weighted by atomic mass is 79.9. The average Bonchev–Trinajstić information content (AvgIpc) is 2.83. The third-order valence-electron chi connectivity index (χ3n) is 2.93. The minimum Gasteiger partial charge on any atom is -0.486 e. The van der Waals surface area contributed by atoms with E-state index in [2.05, 4.69) is 41.2 Å². The van der Waals surface area contributed by atoms with E-state index in [1.165, 1.54) is 5.56 Å². The smallest absolute Gasteiger partial charge is 0.138 e. The van der Waals surface area contributed by atoms with Gasteiger partial charge in [0.1, 0.15) is 12.4 Å². The van der Waals surface area contributed by atoms with Crippen LogP contribution in [-0.2, 0) is 13.2 Å². The predicted molar refractivity (Wildman–Crippen MR) is 94.3 cm³/mol. The van der Waals surface area contributed by atoms with Crippen LogP contribution in [0.4, 0.5) is 0 Å². The Bertz CT molecular complexity index is 585. The number of halogens is 2. The third kappa shape index (κ3) is 5.29. The van der Waals surface area contributed by atoms with Gasteiger partial charge in [-0.1, -0.05) is 31.5 Å². The first kappa shape index (κ1) is 16.8. The van der Waals surface area contributed by atoms with E-state index in [-0.39, 0.29) is 0 Å². The lowest BCUT2D eigenvalue weighted by atomic mass is 10.2. The summed E-state index contributed by atoms with van der Waals surface area (Å²) >= 11 is 11.5. The van der Waals surface area contributed by atoms with Crippen LogP contribution >= 0.6 is 38.9 Å². The van der Waals surface area contributed by atoms with Crippen LogP contribution in [0, 0.1) is 5.92 Å². The van der Waals surface area contributed by atoms with Crippen molar-refractivity contribution in [3.63, 3.8) is 0 Å². The fraction of sp³-hybridized carbons (Fsp3) is 0.375. The van der Waals surface area contributed by atoms with E-state index >= 15 is 0 Å². The lowest BCUT2D eigenvalue weighted by Gasteiger charge is -2.11. The molecule has 5 heteroatoms. The van der Waals surface area contributed by atoms with Crippen LogP contribution in [0.15, 0.2) is 34.1 Å². The fourth-order valence-electron chi connectivity index (χ4n) is 1.85. The predicted octanol–water partition coefficient (Wildman–Crippen LogP) is 5.49. The summed E-state index contributed by atoms with van der Waals surface area (Å²) in [6.45, 7) is 6.75. The van der Waals surface area contributed by atoms with E-state index < -0.39 is 0 Å². The van der Waals surface area contributed by atoms with Gasteiger partial charge in [-0.2, -0.15) is 0 Å². The molecule has 114 valence electrons. The monoisotopic (exact) mass is 387 g/mol. The molecule has 0 fully saturated rings. The summed E-state index contributed by atoms with van der Waals surface area (Å²) in [5.41, 5.74) is 1.17. The van der Waals surface area contributed by atoms with E-state index in [0.717, 1.165) is 28.2 Å². The van der Waals surface area contributed by atoms with Gasteiger partial charge >= 0.3 is 0 Å². The van der Waals surface area contributed by atoms with Crippen molar-refractivity contribution in [1.82, 2.24) is 5.32 Å². The molecule has 0 aliphatic rings. The van der Waals surface area contributed by atoms with Crippen LogP contribution in [0.5, 0.6) is 5.75 Å². The molecular formula is C16H19BrClNOS. The van der Waals surface area contributed by atoms with Crippen LogP contribution < -0.4 is 10.1 Å². The molecular weight excluding hydrogens is 370 g/mol. The van der Waals surface area contributed by atoms with Crippen LogP contribution in [0.3, 0.4) is 0 Å². The third-order valence-corrected chi connectivity index (χ3v) is 5.12. The van der Waals surface area contributed by atoms with E-state index in [0.29, 0.717) is 17.5 Å². The summed E-state index contributed by atoms with van der Waals surface area (Å²) in [5, 5.41) is 6.10. The summed E-state index contributed by atoms with van der Waals surface area (Å²) in [5.74, 6) is 1.37. The highest BCUT2D eigenvalue weighted by molar-refractivity contribution is 9.10. The van der Waals surface area contributed by atoms with Gasteiger partial charge < -0.3 is 10.1 Å². The van der Waals surface area contributed by atoms with E-state index in [4.69, 9.17) is 16.3 Å². The zero-order valence-electron chi connectivity index (χ0n) is 12.2. The van der Waals surface area contributed by atoms with Crippen LogP contribution in [-0.4, -0.2) is 6.54 Å². The zero-order chi connectivity index (χ0) is 15.2. The zero-order valence-corrected chi connectivity index (χ0v) is 15.3. The number of thiophene rings is 1. The number of hydrogen-bond acceptors (Lipinski definition) is 3. The second-order valence-electron chi connectivity index (χ2n) is 5.27. The van der Waals surface area contributed by atoms with Crippen molar-refractivity contribution in [2.75, 3.05) is 6.54 Å². The molecule has 0 saturated heterocycles. The minimum absolute atomic E-state index is 0.531. The molecule has 0 bridgehead atoms. The van der Waals surface area contributed by atoms with Crippen molar-refractivity contribution < 1.29 is 4.74 Å². The minimum atomic E-state index is 0.531. The molecule has 0 saturated carbocycles. The SMILES string of the molecule is CC(C)CNCc1ccc(OCc2sccc2Br)c(Cl)c1. The first-order valence-electron chi connectivity index (χ1n) is 6.90. The number of nitrogens with one attached hydrogen (secondary N) is 1. The molecule has 1 aromatic carbocycles. The van der Waals surface area contributed by atoms with E-state index in [1.54, 1.807) is 11.3 Å². The van der Waals surface area contributed by atoms with Gasteiger partial charge in [-0.25, -0.2) is 0 Å². The van der Waals surface area contributed by atoms with Crippen LogP contribution in [0.1, 0.15) is 24.3 Å². The molecule has 0 unspecified atom stereocenters. The van der Waals surface area contributed by atoms with Gasteiger partial charge in [-0.3, -0.25) is 0 Å². The molecule has 0 spiro atoms. The lowest BCUT2D eigenvalue weighted by Crippen LogP contribution is -2.18. The molecule has 0 aliphatic heterocycles. The molecule has 0 radical (unpaired) electrons. The molecule has 0 aliphatic carbocycles. The molecule has 1 aromatic heterocycles. The summed E-state index contributed by atoms with van der Waals surface area (Å²) in [6.07, 6.45) is 0. The summed E-state index contributed by atoms with van der Waals surface area (Å²) in [6, 6.07) is 7.98. The van der Waals surface area contributed by atoms with Gasteiger partial charge in [0.15, 0.2) is 0 Å². The van der Waals surface area contributed by atoms with Crippen molar-refractivity contribution in [3.05, 3.63) is 49.6 Å². The maximum Gasteiger partial charge on any atom is 0.138 e. The van der Waals surface area contributed by atoms with Gasteiger partial charge in [0.25, 0.3) is 0 Å². The Labute approximate surface area is 143 Å². The molecule has 2 nitrogen and oxygen atoms in total. The van der Waals surface area contributed by atoms with Crippen molar-refractivity contribution in [2.45, 2.75) is 27.0 Å². The average molecular weight is 389 g/mol. The summed E-state index contributed by atoms with van der Waals surface area (Å²) in [4.78, 5) is 1.16. The first-order chi connectivity index (χ1) is 10.1. The van der Waals surface area contributed by atoms with Crippen LogP contribution in [0.25, 0.3) is 0 Å². The molecule has 21 heavy (non-hydrogen) atoms. The topological polar surface area (TPSA) is 21.3 Å². The first-order valence-corrected chi connectivity index (χ1v) is 8.95. The normalized spacial score (nSPS) is 11.1. The molecule has 2 aromatic rings. The van der Waals surface area contributed by atoms with E-state index in [1.807, 2.05) is 23.6 Å². The van der Waals surface area contributed by atoms with Gasteiger partial charge in [-0.05, 0) is 57.5 Å². The lowest BCUT2D eigenvalue weighted by molar-refractivity contribution is 0.309. The molecule has 0 atom stereocenters. The Morgan fingerprint density at radius 2 is 2.14 bits per heavy atom. The standard InChI is InChI=1S/C16H19BrClNOS/c1-11(2)8-19-9-12-3-4-15(14(18)7-12)20-10-16-13(17)5-6-21-16/h3-7,11,19H,8-10H2,1-2H3. The molecule has 1 heterocycles. The fourth-order valence-corrected chi connectivity index (χ4v) is 3.48. The van der Waals surface area contributed by atoms with Crippen LogP contribution in [0.2, 0.25) is 5.02 Å². The Morgan fingerprint density at radius 3 is 2.76 bits per heavy atom. The van der Waals surface area contributed by atoms with Crippen molar-refractivity contribution in [3.8, 4) is 5.75 Å². The highest BCUT2D eigenvalue weighted by Crippen LogP contribution is 2.29. The van der Waals surface area contributed by atoms with Gasteiger partial charge in [0, 0.05) is 11.0 Å². The maximum atomic E-state index is 6.29. The molecule has 1 N–H and O–H groups in total. The summed E-state index contributed by atoms with van der Waals surface area (Å²) < 4.78 is 6.87. The molecule has 0 amide bonds. The number of benzene rings is 1. The second-order valence-corrected chi connectivity index (χ2v) is 7.53. The van der Waals surface area contributed by atoms with Gasteiger partial charge in [0.2, 0.25) is 0 Å². The maximum absolute atomic E-state index is 6.29. The van der Waals surface area contributed by atoms with E-state index in [9.17, 15) is 0 Å². The number of ether oxygens (including phenoxy) is 1. The quantitative estimate of drug-likeness (QED) is 0.677. The Kier molecular flexibility index (Phi) is 6.55.